The van der Waals surface area contributed by atoms with Gasteiger partial charge in [0.2, 0.25) is 0 Å². The van der Waals surface area contributed by atoms with Crippen LogP contribution in [-0.4, -0.2) is 33.9 Å². The summed E-state index contributed by atoms with van der Waals surface area (Å²) in [5.74, 6) is 0.755. The highest BCUT2D eigenvalue weighted by atomic mass is 32.2. The number of thioether (sulfide) groups is 1. The Morgan fingerprint density at radius 2 is 2.05 bits per heavy atom. The maximum absolute atomic E-state index is 12.2. The molecule has 1 fully saturated rings. The van der Waals surface area contributed by atoms with Crippen molar-refractivity contribution in [3.05, 3.63) is 34.4 Å². The van der Waals surface area contributed by atoms with Gasteiger partial charge in [-0.05, 0) is 31.2 Å². The van der Waals surface area contributed by atoms with Crippen LogP contribution in [0.4, 0.5) is 0 Å². The molecule has 1 amide bonds. The molecule has 0 saturated carbocycles. The number of methoxy groups -OCH3 is 1. The number of aromatic nitrogens is 1. The number of aryl methyl sites for hydroxylation is 1. The lowest BCUT2D eigenvalue weighted by molar-refractivity contribution is -0.121. The van der Waals surface area contributed by atoms with E-state index in [-0.39, 0.29) is 5.91 Å². The highest BCUT2D eigenvalue weighted by Crippen LogP contribution is 2.35. The number of fused-ring (bicyclic) bond motifs is 1. The highest BCUT2D eigenvalue weighted by molar-refractivity contribution is 8.26. The zero-order valence-electron chi connectivity index (χ0n) is 12.8. The quantitative estimate of drug-likeness (QED) is 0.624. The summed E-state index contributed by atoms with van der Waals surface area (Å²) in [7, 11) is 5.38. The summed E-state index contributed by atoms with van der Waals surface area (Å²) in [4.78, 5) is 14.4. The maximum Gasteiger partial charge on any atom is 0.265 e. The van der Waals surface area contributed by atoms with Crippen molar-refractivity contribution in [1.29, 1.82) is 0 Å². The lowest BCUT2D eigenvalue weighted by Gasteiger charge is -2.03. The minimum Gasteiger partial charge on any atom is -0.497 e. The zero-order chi connectivity index (χ0) is 16.0. The molecule has 0 atom stereocenters. The second-order valence-electron chi connectivity index (χ2n) is 5.18. The standard InChI is InChI=1S/C16H16N2O2S2/c1-9-11(8-14-15(19)18(3)16(21)22-14)12-7-10(20-4)5-6-13(12)17(9)2/h5-8H,1-4H3/b14-8+. The van der Waals surface area contributed by atoms with Crippen molar-refractivity contribution >= 4 is 51.2 Å². The van der Waals surface area contributed by atoms with Crippen molar-refractivity contribution in [2.24, 2.45) is 7.05 Å². The molecular formula is C16H16N2O2S2. The van der Waals surface area contributed by atoms with Crippen LogP contribution in [0.1, 0.15) is 11.3 Å². The van der Waals surface area contributed by atoms with E-state index in [1.165, 1.54) is 16.7 Å². The lowest BCUT2D eigenvalue weighted by Crippen LogP contribution is -2.22. The van der Waals surface area contributed by atoms with Crippen molar-refractivity contribution < 1.29 is 9.53 Å². The van der Waals surface area contributed by atoms with Gasteiger partial charge in [-0.25, -0.2) is 0 Å². The Hall–Kier alpha value is -1.79. The van der Waals surface area contributed by atoms with Crippen LogP contribution in [0.5, 0.6) is 5.75 Å². The van der Waals surface area contributed by atoms with Crippen LogP contribution >= 0.6 is 24.0 Å². The van der Waals surface area contributed by atoms with E-state index in [9.17, 15) is 4.79 Å². The number of amides is 1. The molecule has 1 aliphatic rings. The fraction of sp³-hybridized carbons (Fsp3) is 0.250. The summed E-state index contributed by atoms with van der Waals surface area (Å²) in [5, 5.41) is 1.07. The second kappa shape index (κ2) is 5.44. The molecule has 1 aromatic heterocycles. The molecule has 0 radical (unpaired) electrons. The van der Waals surface area contributed by atoms with Gasteiger partial charge in [0.1, 0.15) is 10.1 Å². The van der Waals surface area contributed by atoms with E-state index in [2.05, 4.69) is 4.57 Å². The number of hydrogen-bond donors (Lipinski definition) is 0. The van der Waals surface area contributed by atoms with Gasteiger partial charge in [-0.15, -0.1) is 0 Å². The van der Waals surface area contributed by atoms with Crippen molar-refractivity contribution in [2.45, 2.75) is 6.92 Å². The first-order chi connectivity index (χ1) is 10.4. The molecule has 22 heavy (non-hydrogen) atoms. The Balaban J connectivity index is 2.21. The molecule has 0 spiro atoms. The summed E-state index contributed by atoms with van der Waals surface area (Å²) < 4.78 is 8.03. The molecule has 4 nitrogen and oxygen atoms in total. The molecule has 1 aromatic carbocycles. The number of likely N-dealkylation sites (N-methyl/N-ethyl adjacent to an activating group) is 1. The van der Waals surface area contributed by atoms with E-state index < -0.39 is 0 Å². The normalized spacial score (nSPS) is 17.1. The third-order valence-corrected chi connectivity index (χ3v) is 5.49. The summed E-state index contributed by atoms with van der Waals surface area (Å²) in [6.07, 6.45) is 1.93. The number of nitrogens with zero attached hydrogens (tertiary/aromatic N) is 2. The van der Waals surface area contributed by atoms with Crippen molar-refractivity contribution in [1.82, 2.24) is 9.47 Å². The Bertz CT molecular complexity index is 836. The number of thiocarbonyl (C=S) groups is 1. The van der Waals surface area contributed by atoms with E-state index >= 15 is 0 Å². The number of benzene rings is 1. The van der Waals surface area contributed by atoms with Gasteiger partial charge in [0, 0.05) is 36.3 Å². The Labute approximate surface area is 138 Å². The van der Waals surface area contributed by atoms with Gasteiger partial charge in [-0.1, -0.05) is 24.0 Å². The third kappa shape index (κ3) is 2.23. The molecule has 0 unspecified atom stereocenters. The van der Waals surface area contributed by atoms with Crippen molar-refractivity contribution in [2.75, 3.05) is 14.2 Å². The maximum atomic E-state index is 12.2. The molecule has 3 rings (SSSR count). The van der Waals surface area contributed by atoms with Gasteiger partial charge < -0.3 is 9.30 Å². The van der Waals surface area contributed by atoms with E-state index in [0.717, 1.165) is 27.9 Å². The molecule has 0 N–H and O–H groups in total. The zero-order valence-corrected chi connectivity index (χ0v) is 14.5. The molecule has 6 heteroatoms. The molecule has 2 aromatic rings. The number of rotatable bonds is 2. The SMILES string of the molecule is COc1ccc2c(c1)c(/C=C1/SC(=S)N(C)C1=O)c(C)n2C. The summed E-state index contributed by atoms with van der Waals surface area (Å²) in [6.45, 7) is 2.05. The molecule has 0 bridgehead atoms. The second-order valence-corrected chi connectivity index (χ2v) is 6.86. The predicted molar refractivity (Wildman–Crippen MR) is 95.1 cm³/mol. The van der Waals surface area contributed by atoms with E-state index in [0.29, 0.717) is 9.23 Å². The Kier molecular flexibility index (Phi) is 3.74. The molecule has 1 saturated heterocycles. The van der Waals surface area contributed by atoms with Gasteiger partial charge in [-0.3, -0.25) is 9.69 Å². The van der Waals surface area contributed by atoms with Crippen molar-refractivity contribution in [3.63, 3.8) is 0 Å². The first-order valence-corrected chi connectivity index (χ1v) is 8.01. The van der Waals surface area contributed by atoms with E-state index in [1.54, 1.807) is 14.2 Å². The summed E-state index contributed by atoms with van der Waals surface area (Å²) in [6, 6.07) is 5.97. The van der Waals surface area contributed by atoms with Gasteiger partial charge in [0.05, 0.1) is 12.0 Å². The first-order valence-electron chi connectivity index (χ1n) is 6.78. The summed E-state index contributed by atoms with van der Waals surface area (Å²) in [5.41, 5.74) is 3.24. The number of carbonyl (C=O) groups excluding carboxylic acids is 1. The predicted octanol–water partition coefficient (Wildman–Crippen LogP) is 3.33. The largest absolute Gasteiger partial charge is 0.497 e. The minimum absolute atomic E-state index is 0.0469. The number of carbonyl (C=O) groups is 1. The Morgan fingerprint density at radius 1 is 1.32 bits per heavy atom. The highest BCUT2D eigenvalue weighted by Gasteiger charge is 2.29. The van der Waals surface area contributed by atoms with Crippen LogP contribution in [0.15, 0.2) is 23.1 Å². The van der Waals surface area contributed by atoms with Crippen LogP contribution in [-0.2, 0) is 11.8 Å². The van der Waals surface area contributed by atoms with Crippen LogP contribution < -0.4 is 4.74 Å². The minimum atomic E-state index is -0.0469. The fourth-order valence-electron chi connectivity index (χ4n) is 2.57. The van der Waals surface area contributed by atoms with Gasteiger partial charge in [-0.2, -0.15) is 0 Å². The van der Waals surface area contributed by atoms with Crippen LogP contribution in [0, 0.1) is 6.92 Å². The monoisotopic (exact) mass is 332 g/mol. The average molecular weight is 332 g/mol. The van der Waals surface area contributed by atoms with Gasteiger partial charge >= 0.3 is 0 Å². The lowest BCUT2D eigenvalue weighted by atomic mass is 10.1. The van der Waals surface area contributed by atoms with Crippen LogP contribution in [0.25, 0.3) is 17.0 Å². The number of ether oxygens (including phenoxy) is 1. The average Bonchev–Trinajstić information content (AvgIpc) is 2.90. The van der Waals surface area contributed by atoms with Gasteiger partial charge in [0.25, 0.3) is 5.91 Å². The first kappa shape index (κ1) is 15.1. The van der Waals surface area contributed by atoms with Gasteiger partial charge in [0.15, 0.2) is 0 Å². The number of hydrogen-bond acceptors (Lipinski definition) is 4. The molecule has 0 aliphatic carbocycles. The van der Waals surface area contributed by atoms with E-state index in [4.69, 9.17) is 17.0 Å². The Morgan fingerprint density at radius 3 is 2.64 bits per heavy atom. The summed E-state index contributed by atoms with van der Waals surface area (Å²) >= 11 is 6.53. The van der Waals surface area contributed by atoms with Crippen LogP contribution in [0.3, 0.4) is 0 Å². The van der Waals surface area contributed by atoms with Crippen molar-refractivity contribution in [3.8, 4) is 5.75 Å². The smallest absolute Gasteiger partial charge is 0.265 e. The fourth-order valence-corrected chi connectivity index (χ4v) is 3.73. The molecule has 114 valence electrons. The molecule has 1 aliphatic heterocycles. The van der Waals surface area contributed by atoms with Crippen LogP contribution in [0.2, 0.25) is 0 Å². The van der Waals surface area contributed by atoms with E-state index in [1.807, 2.05) is 38.2 Å². The molecular weight excluding hydrogens is 316 g/mol. The third-order valence-electron chi connectivity index (χ3n) is 4.01. The molecule has 2 heterocycles. The topological polar surface area (TPSA) is 34.5 Å².